The Labute approximate surface area is 194 Å². The number of imide groups is 1. The van der Waals surface area contributed by atoms with Crippen molar-refractivity contribution in [2.75, 3.05) is 11.4 Å². The van der Waals surface area contributed by atoms with E-state index in [-0.39, 0.29) is 30.3 Å². The van der Waals surface area contributed by atoms with Crippen LogP contribution in [-0.2, 0) is 26.5 Å². The molecule has 2 fully saturated rings. The Morgan fingerprint density at radius 2 is 1.73 bits per heavy atom. The molecule has 2 saturated heterocycles. The van der Waals surface area contributed by atoms with Gasteiger partial charge < -0.3 is 4.90 Å². The SMILES string of the molecule is C=CCN1C(=O)[C@]2(N[C@H](CCCC)[C@@H]3C(=O)N(Cc4ccccc4)C(=O)[C@H]32)c2ccccc21. The molecule has 0 aromatic heterocycles. The molecule has 1 N–H and O–H groups in total. The predicted molar refractivity (Wildman–Crippen MR) is 126 cm³/mol. The van der Waals surface area contributed by atoms with E-state index in [1.807, 2.05) is 54.6 Å². The van der Waals surface area contributed by atoms with Gasteiger partial charge in [0.25, 0.3) is 5.91 Å². The van der Waals surface area contributed by atoms with Gasteiger partial charge >= 0.3 is 0 Å². The Morgan fingerprint density at radius 3 is 2.45 bits per heavy atom. The number of hydrogen-bond acceptors (Lipinski definition) is 4. The van der Waals surface area contributed by atoms with Gasteiger partial charge in [0.05, 0.1) is 18.4 Å². The van der Waals surface area contributed by atoms with Crippen LogP contribution in [0.25, 0.3) is 0 Å². The molecule has 4 atom stereocenters. The maximum Gasteiger partial charge on any atom is 0.253 e. The van der Waals surface area contributed by atoms with E-state index in [2.05, 4.69) is 18.8 Å². The second kappa shape index (κ2) is 8.27. The molecule has 2 aromatic carbocycles. The van der Waals surface area contributed by atoms with Gasteiger partial charge in [-0.2, -0.15) is 0 Å². The molecule has 3 amide bonds. The van der Waals surface area contributed by atoms with Gasteiger partial charge in [0, 0.05) is 23.8 Å². The number of anilines is 1. The molecule has 3 heterocycles. The minimum atomic E-state index is -1.22. The first-order valence-electron chi connectivity index (χ1n) is 11.7. The molecule has 0 radical (unpaired) electrons. The number of rotatable bonds is 7. The molecular weight excluding hydrogens is 414 g/mol. The van der Waals surface area contributed by atoms with Crippen LogP contribution in [0.2, 0.25) is 0 Å². The summed E-state index contributed by atoms with van der Waals surface area (Å²) in [5.41, 5.74) is 1.25. The van der Waals surface area contributed by atoms with Gasteiger partial charge in [0.15, 0.2) is 0 Å². The fourth-order valence-corrected chi connectivity index (χ4v) is 5.91. The lowest BCUT2D eigenvalue weighted by Gasteiger charge is -2.30. The van der Waals surface area contributed by atoms with Gasteiger partial charge in [0.2, 0.25) is 11.8 Å². The van der Waals surface area contributed by atoms with Crippen LogP contribution in [0.15, 0.2) is 67.3 Å². The predicted octanol–water partition coefficient (Wildman–Crippen LogP) is 3.38. The van der Waals surface area contributed by atoms with Crippen molar-refractivity contribution in [3.63, 3.8) is 0 Å². The van der Waals surface area contributed by atoms with E-state index in [0.29, 0.717) is 6.54 Å². The highest BCUT2D eigenvalue weighted by molar-refractivity contribution is 6.16. The number of carbonyl (C=O) groups excluding carboxylic acids is 3. The van der Waals surface area contributed by atoms with E-state index >= 15 is 0 Å². The van der Waals surface area contributed by atoms with Crippen LogP contribution in [0.5, 0.6) is 0 Å². The van der Waals surface area contributed by atoms with Crippen molar-refractivity contribution in [3.05, 3.63) is 78.4 Å². The number of fused-ring (bicyclic) bond motifs is 4. The highest BCUT2D eigenvalue weighted by Gasteiger charge is 2.71. The zero-order valence-electron chi connectivity index (χ0n) is 18.9. The molecule has 6 nitrogen and oxygen atoms in total. The standard InChI is InChI=1S/C27H29N3O3/c1-3-5-14-20-22-23(25(32)30(24(22)31)17-18-11-7-6-8-12-18)27(28-20)19-13-9-10-15-21(19)29(16-4-2)26(27)33/h4,6-13,15,20,22-23,28H,2-3,5,14,16-17H2,1H3/t20-,22+,23+,27+/m1/s1. The fraction of sp³-hybridized carbons (Fsp3) is 0.370. The Hall–Kier alpha value is -3.25. The summed E-state index contributed by atoms with van der Waals surface area (Å²) in [7, 11) is 0. The second-order valence-corrected chi connectivity index (χ2v) is 9.17. The maximum atomic E-state index is 14.0. The minimum Gasteiger partial charge on any atom is -0.306 e. The molecule has 5 rings (SSSR count). The van der Waals surface area contributed by atoms with Crippen LogP contribution in [0.3, 0.4) is 0 Å². The van der Waals surface area contributed by atoms with Crippen LogP contribution in [-0.4, -0.2) is 35.2 Å². The number of benzene rings is 2. The summed E-state index contributed by atoms with van der Waals surface area (Å²) in [5, 5.41) is 3.55. The molecule has 3 aliphatic heterocycles. The first kappa shape index (κ1) is 21.6. The topological polar surface area (TPSA) is 69.7 Å². The first-order chi connectivity index (χ1) is 16.0. The van der Waals surface area contributed by atoms with Crippen molar-refractivity contribution in [2.24, 2.45) is 11.8 Å². The number of para-hydroxylation sites is 1. The molecule has 0 unspecified atom stereocenters. The zero-order valence-corrected chi connectivity index (χ0v) is 18.9. The summed E-state index contributed by atoms with van der Waals surface area (Å²) in [5.74, 6) is -1.90. The molecule has 3 aliphatic rings. The summed E-state index contributed by atoms with van der Waals surface area (Å²) in [4.78, 5) is 44.6. The Bertz CT molecular complexity index is 1110. The van der Waals surface area contributed by atoms with Gasteiger partial charge in [0.1, 0.15) is 5.54 Å². The highest BCUT2D eigenvalue weighted by atomic mass is 16.2. The summed E-state index contributed by atoms with van der Waals surface area (Å²) in [6.45, 7) is 6.50. The van der Waals surface area contributed by atoms with Crippen molar-refractivity contribution in [1.82, 2.24) is 10.2 Å². The minimum absolute atomic E-state index is 0.166. The molecule has 33 heavy (non-hydrogen) atoms. The van der Waals surface area contributed by atoms with Crippen LogP contribution in [0.4, 0.5) is 5.69 Å². The number of amides is 3. The van der Waals surface area contributed by atoms with E-state index in [0.717, 1.165) is 36.1 Å². The van der Waals surface area contributed by atoms with Gasteiger partial charge in [-0.1, -0.05) is 74.4 Å². The zero-order chi connectivity index (χ0) is 23.2. The second-order valence-electron chi connectivity index (χ2n) is 9.17. The molecule has 170 valence electrons. The Balaban J connectivity index is 1.61. The molecule has 2 aromatic rings. The summed E-state index contributed by atoms with van der Waals surface area (Å²) >= 11 is 0. The lowest BCUT2D eigenvalue weighted by Crippen LogP contribution is -2.55. The maximum absolute atomic E-state index is 14.0. The molecule has 0 aliphatic carbocycles. The van der Waals surface area contributed by atoms with E-state index in [1.54, 1.807) is 11.0 Å². The molecule has 1 spiro atoms. The number of carbonyl (C=O) groups is 3. The fourth-order valence-electron chi connectivity index (χ4n) is 5.91. The largest absolute Gasteiger partial charge is 0.306 e. The van der Waals surface area contributed by atoms with Gasteiger partial charge in [-0.3, -0.25) is 24.6 Å². The van der Waals surface area contributed by atoms with E-state index < -0.39 is 17.4 Å². The summed E-state index contributed by atoms with van der Waals surface area (Å²) < 4.78 is 0. The number of nitrogens with one attached hydrogen (secondary N) is 1. The van der Waals surface area contributed by atoms with Crippen molar-refractivity contribution in [3.8, 4) is 0 Å². The van der Waals surface area contributed by atoms with Crippen LogP contribution in [0, 0.1) is 11.8 Å². The third-order valence-corrected chi connectivity index (χ3v) is 7.32. The summed E-state index contributed by atoms with van der Waals surface area (Å²) in [6.07, 6.45) is 4.33. The van der Waals surface area contributed by atoms with Crippen molar-refractivity contribution < 1.29 is 14.4 Å². The Kier molecular flexibility index (Phi) is 5.41. The van der Waals surface area contributed by atoms with E-state index in [1.165, 1.54) is 4.90 Å². The summed E-state index contributed by atoms with van der Waals surface area (Å²) in [6, 6.07) is 16.9. The first-order valence-corrected chi connectivity index (χ1v) is 11.7. The van der Waals surface area contributed by atoms with Crippen LogP contribution in [0.1, 0.15) is 37.3 Å². The van der Waals surface area contributed by atoms with Gasteiger partial charge in [-0.05, 0) is 18.1 Å². The van der Waals surface area contributed by atoms with E-state index in [4.69, 9.17) is 0 Å². The number of hydrogen-bond donors (Lipinski definition) is 1. The monoisotopic (exact) mass is 443 g/mol. The normalized spacial score (nSPS) is 28.0. The van der Waals surface area contributed by atoms with Crippen LogP contribution >= 0.6 is 0 Å². The van der Waals surface area contributed by atoms with Crippen molar-refractivity contribution in [2.45, 2.75) is 44.3 Å². The third kappa shape index (κ3) is 3.08. The lowest BCUT2D eigenvalue weighted by molar-refractivity contribution is -0.143. The Morgan fingerprint density at radius 1 is 1.00 bits per heavy atom. The van der Waals surface area contributed by atoms with Crippen molar-refractivity contribution >= 4 is 23.4 Å². The third-order valence-electron chi connectivity index (χ3n) is 7.32. The molecule has 0 bridgehead atoms. The quantitative estimate of drug-likeness (QED) is 0.526. The van der Waals surface area contributed by atoms with Gasteiger partial charge in [-0.25, -0.2) is 0 Å². The average Bonchev–Trinajstić information content (AvgIpc) is 3.39. The van der Waals surface area contributed by atoms with Crippen LogP contribution < -0.4 is 10.2 Å². The molecule has 6 heteroatoms. The van der Waals surface area contributed by atoms with Gasteiger partial charge in [-0.15, -0.1) is 6.58 Å². The van der Waals surface area contributed by atoms with Crippen molar-refractivity contribution in [1.29, 1.82) is 0 Å². The smallest absolute Gasteiger partial charge is 0.253 e. The number of unbranched alkanes of at least 4 members (excludes halogenated alkanes) is 1. The highest BCUT2D eigenvalue weighted by Crippen LogP contribution is 2.55. The molecular formula is C27H29N3O3. The van der Waals surface area contributed by atoms with E-state index in [9.17, 15) is 14.4 Å². The lowest BCUT2D eigenvalue weighted by atomic mass is 9.76. The average molecular weight is 444 g/mol. The molecule has 0 saturated carbocycles. The number of likely N-dealkylation sites (tertiary alicyclic amines) is 1. The number of nitrogens with zero attached hydrogens (tertiary/aromatic N) is 2.